The Morgan fingerprint density at radius 1 is 0.704 bits per heavy atom. The highest BCUT2D eigenvalue weighted by atomic mass is 16.5. The fourth-order valence-electron chi connectivity index (χ4n) is 2.72. The highest BCUT2D eigenvalue weighted by molar-refractivity contribution is 5.64. The minimum atomic E-state index is 0.518. The van der Waals surface area contributed by atoms with Crippen LogP contribution in [-0.4, -0.2) is 50.5 Å². The van der Waals surface area contributed by atoms with Gasteiger partial charge in [-0.25, -0.2) is 4.68 Å². The van der Waals surface area contributed by atoms with Gasteiger partial charge in [-0.05, 0) is 18.2 Å². The third kappa shape index (κ3) is 3.46. The van der Waals surface area contributed by atoms with Crippen molar-refractivity contribution in [2.75, 3.05) is 35.5 Å². The lowest BCUT2D eigenvalue weighted by atomic mass is 10.1. The molecule has 0 bridgehead atoms. The summed E-state index contributed by atoms with van der Waals surface area (Å²) in [7, 11) is 7.88. The molecule has 0 amide bonds. The van der Waals surface area contributed by atoms with Gasteiger partial charge >= 0.3 is 0 Å². The number of aromatic nitrogens is 3. The molecule has 0 spiro atoms. The molecule has 0 unspecified atom stereocenters. The van der Waals surface area contributed by atoms with E-state index in [0.717, 1.165) is 11.3 Å². The highest BCUT2D eigenvalue weighted by Crippen LogP contribution is 2.39. The van der Waals surface area contributed by atoms with Crippen LogP contribution in [-0.2, 0) is 0 Å². The standard InChI is InChI=1S/C19H21N3O5/c1-23-15-7-6-12(8-16(15)24-2)14-11-22(21-20-14)13-9-17(25-3)19(27-5)18(10-13)26-4/h6-11H,1-5H3. The van der Waals surface area contributed by atoms with Crippen LogP contribution in [0.5, 0.6) is 28.7 Å². The first-order valence-electron chi connectivity index (χ1n) is 8.10. The summed E-state index contributed by atoms with van der Waals surface area (Å²) in [5.74, 6) is 2.87. The first-order chi connectivity index (χ1) is 13.1. The maximum Gasteiger partial charge on any atom is 0.203 e. The summed E-state index contributed by atoms with van der Waals surface area (Å²) in [6, 6.07) is 9.17. The number of hydrogen-bond acceptors (Lipinski definition) is 7. The van der Waals surface area contributed by atoms with E-state index in [9.17, 15) is 0 Å². The van der Waals surface area contributed by atoms with Crippen LogP contribution < -0.4 is 23.7 Å². The van der Waals surface area contributed by atoms with Gasteiger partial charge in [-0.1, -0.05) is 5.21 Å². The van der Waals surface area contributed by atoms with E-state index >= 15 is 0 Å². The van der Waals surface area contributed by atoms with Crippen LogP contribution in [0.15, 0.2) is 36.5 Å². The molecule has 1 aromatic heterocycles. The molecule has 142 valence electrons. The van der Waals surface area contributed by atoms with E-state index < -0.39 is 0 Å². The smallest absolute Gasteiger partial charge is 0.203 e. The fraction of sp³-hybridized carbons (Fsp3) is 0.263. The molecule has 0 N–H and O–H groups in total. The SMILES string of the molecule is COc1ccc(-c2cn(-c3cc(OC)c(OC)c(OC)c3)nn2)cc1OC. The lowest BCUT2D eigenvalue weighted by Gasteiger charge is -2.13. The summed E-state index contributed by atoms with van der Waals surface area (Å²) in [5.41, 5.74) is 2.26. The lowest BCUT2D eigenvalue weighted by molar-refractivity contribution is 0.324. The second kappa shape index (κ2) is 7.86. The van der Waals surface area contributed by atoms with E-state index in [1.54, 1.807) is 52.4 Å². The van der Waals surface area contributed by atoms with Crippen molar-refractivity contribution in [1.29, 1.82) is 0 Å². The average Bonchev–Trinajstić information content (AvgIpc) is 3.22. The Hall–Kier alpha value is -3.42. The Balaban J connectivity index is 2.01. The Bertz CT molecular complexity index is 914. The molecule has 8 heteroatoms. The molecule has 0 saturated heterocycles. The number of benzene rings is 2. The van der Waals surface area contributed by atoms with Gasteiger partial charge in [0.05, 0.1) is 47.4 Å². The van der Waals surface area contributed by atoms with Crippen LogP contribution in [0.2, 0.25) is 0 Å². The molecule has 0 aliphatic heterocycles. The number of ether oxygens (including phenoxy) is 5. The normalized spacial score (nSPS) is 10.4. The van der Waals surface area contributed by atoms with E-state index in [1.807, 2.05) is 24.4 Å². The summed E-state index contributed by atoms with van der Waals surface area (Å²) in [5, 5.41) is 8.46. The third-order valence-electron chi connectivity index (χ3n) is 4.09. The van der Waals surface area contributed by atoms with Crippen LogP contribution in [0.3, 0.4) is 0 Å². The Kier molecular flexibility index (Phi) is 5.35. The molecule has 1 heterocycles. The van der Waals surface area contributed by atoms with Crippen molar-refractivity contribution in [2.45, 2.75) is 0 Å². The average molecular weight is 371 g/mol. The first-order valence-corrected chi connectivity index (χ1v) is 8.10. The summed E-state index contributed by atoms with van der Waals surface area (Å²) in [6.07, 6.45) is 1.81. The third-order valence-corrected chi connectivity index (χ3v) is 4.09. The van der Waals surface area contributed by atoms with Crippen LogP contribution in [0.1, 0.15) is 0 Å². The first kappa shape index (κ1) is 18.4. The predicted octanol–water partition coefficient (Wildman–Crippen LogP) is 2.98. The Morgan fingerprint density at radius 2 is 1.33 bits per heavy atom. The van der Waals surface area contributed by atoms with Gasteiger partial charge < -0.3 is 23.7 Å². The van der Waals surface area contributed by atoms with E-state index in [-0.39, 0.29) is 0 Å². The monoisotopic (exact) mass is 371 g/mol. The van der Waals surface area contributed by atoms with Gasteiger partial charge in [-0.3, -0.25) is 0 Å². The fourth-order valence-corrected chi connectivity index (χ4v) is 2.72. The number of hydrogen-bond donors (Lipinski definition) is 0. The maximum atomic E-state index is 5.39. The van der Waals surface area contributed by atoms with E-state index in [1.165, 1.54) is 0 Å². The zero-order valence-electron chi connectivity index (χ0n) is 15.8. The quantitative estimate of drug-likeness (QED) is 0.632. The summed E-state index contributed by atoms with van der Waals surface area (Å²) in [6.45, 7) is 0. The molecule has 0 atom stereocenters. The number of rotatable bonds is 7. The molecular formula is C19H21N3O5. The molecule has 0 aliphatic carbocycles. The molecule has 2 aromatic carbocycles. The molecule has 0 saturated carbocycles. The zero-order chi connectivity index (χ0) is 19.4. The minimum Gasteiger partial charge on any atom is -0.493 e. The van der Waals surface area contributed by atoms with Crippen LogP contribution in [0.4, 0.5) is 0 Å². The van der Waals surface area contributed by atoms with Crippen LogP contribution >= 0.6 is 0 Å². The molecule has 3 rings (SSSR count). The zero-order valence-corrected chi connectivity index (χ0v) is 15.8. The molecule has 0 aliphatic rings. The Labute approximate surface area is 157 Å². The molecule has 3 aromatic rings. The lowest BCUT2D eigenvalue weighted by Crippen LogP contribution is -2.00. The number of methoxy groups -OCH3 is 5. The van der Waals surface area contributed by atoms with Crippen molar-refractivity contribution < 1.29 is 23.7 Å². The second-order valence-corrected chi connectivity index (χ2v) is 5.50. The van der Waals surface area contributed by atoms with Crippen LogP contribution in [0, 0.1) is 0 Å². The van der Waals surface area contributed by atoms with Gasteiger partial charge in [0, 0.05) is 17.7 Å². The highest BCUT2D eigenvalue weighted by Gasteiger charge is 2.16. The topological polar surface area (TPSA) is 76.9 Å². The second-order valence-electron chi connectivity index (χ2n) is 5.50. The van der Waals surface area contributed by atoms with Crippen LogP contribution in [0.25, 0.3) is 16.9 Å². The van der Waals surface area contributed by atoms with Gasteiger partial charge in [0.1, 0.15) is 5.69 Å². The van der Waals surface area contributed by atoms with Gasteiger partial charge in [0.15, 0.2) is 23.0 Å². The van der Waals surface area contributed by atoms with Gasteiger partial charge in [-0.2, -0.15) is 0 Å². The minimum absolute atomic E-state index is 0.518. The van der Waals surface area contributed by atoms with Crippen molar-refractivity contribution >= 4 is 0 Å². The number of nitrogens with zero attached hydrogens (tertiary/aromatic N) is 3. The van der Waals surface area contributed by atoms with E-state index in [2.05, 4.69) is 10.3 Å². The van der Waals surface area contributed by atoms with Gasteiger partial charge in [0.25, 0.3) is 0 Å². The maximum absolute atomic E-state index is 5.39. The Morgan fingerprint density at radius 3 is 1.89 bits per heavy atom. The van der Waals surface area contributed by atoms with E-state index in [4.69, 9.17) is 23.7 Å². The van der Waals surface area contributed by atoms with Gasteiger partial charge in [-0.15, -0.1) is 5.10 Å². The summed E-state index contributed by atoms with van der Waals surface area (Å²) < 4.78 is 28.4. The summed E-state index contributed by atoms with van der Waals surface area (Å²) >= 11 is 0. The summed E-state index contributed by atoms with van der Waals surface area (Å²) in [4.78, 5) is 0. The molecule has 0 fully saturated rings. The molecule has 27 heavy (non-hydrogen) atoms. The molecular weight excluding hydrogens is 350 g/mol. The van der Waals surface area contributed by atoms with Gasteiger partial charge in [0.2, 0.25) is 5.75 Å². The molecule has 0 radical (unpaired) electrons. The van der Waals surface area contributed by atoms with Crippen molar-refractivity contribution in [1.82, 2.24) is 15.0 Å². The van der Waals surface area contributed by atoms with Crippen molar-refractivity contribution in [2.24, 2.45) is 0 Å². The van der Waals surface area contributed by atoms with Crippen molar-refractivity contribution in [3.05, 3.63) is 36.5 Å². The largest absolute Gasteiger partial charge is 0.493 e. The van der Waals surface area contributed by atoms with Crippen molar-refractivity contribution in [3.8, 4) is 45.7 Å². The van der Waals surface area contributed by atoms with E-state index in [0.29, 0.717) is 34.4 Å². The van der Waals surface area contributed by atoms with Crippen molar-refractivity contribution in [3.63, 3.8) is 0 Å². The molecule has 8 nitrogen and oxygen atoms in total. The predicted molar refractivity (Wildman–Crippen MR) is 99.6 cm³/mol.